The number of nitrogens with zero attached hydrogens (tertiary/aromatic N) is 4. The Morgan fingerprint density at radius 2 is 2.40 bits per heavy atom. The number of hydrogen-bond acceptors (Lipinski definition) is 6. The number of anilines is 1. The Morgan fingerprint density at radius 3 is 3.05 bits per heavy atom. The molecule has 1 fully saturated rings. The van der Waals surface area contributed by atoms with E-state index in [-0.39, 0.29) is 6.10 Å². The molecule has 0 radical (unpaired) electrons. The second-order valence-corrected chi connectivity index (χ2v) is 5.54. The molecular formula is C14H14N4OS. The summed E-state index contributed by atoms with van der Waals surface area (Å²) in [6, 6.07) is 5.76. The predicted molar refractivity (Wildman–Crippen MR) is 76.7 cm³/mol. The second kappa shape index (κ2) is 5.57. The number of ether oxygens (including phenoxy) is 1. The molecule has 3 heterocycles. The number of pyridine rings is 1. The van der Waals surface area contributed by atoms with Crippen molar-refractivity contribution in [2.75, 3.05) is 24.6 Å². The van der Waals surface area contributed by atoms with Gasteiger partial charge in [-0.15, -0.1) is 11.3 Å². The van der Waals surface area contributed by atoms with E-state index in [0.717, 1.165) is 29.6 Å². The van der Waals surface area contributed by atoms with Crippen LogP contribution < -0.4 is 4.90 Å². The average Bonchev–Trinajstić information content (AvgIpc) is 2.94. The largest absolute Gasteiger partial charge is 0.367 e. The summed E-state index contributed by atoms with van der Waals surface area (Å²) in [4.78, 5) is 11.0. The first-order valence-electron chi connectivity index (χ1n) is 6.41. The minimum absolute atomic E-state index is 0.0000988. The van der Waals surface area contributed by atoms with E-state index in [0.29, 0.717) is 12.2 Å². The van der Waals surface area contributed by atoms with Gasteiger partial charge in [-0.2, -0.15) is 5.26 Å². The van der Waals surface area contributed by atoms with E-state index in [4.69, 9.17) is 10.00 Å². The lowest BCUT2D eigenvalue weighted by atomic mass is 10.2. The molecule has 1 atom stereocenters. The topological polar surface area (TPSA) is 62.0 Å². The third kappa shape index (κ3) is 2.64. The molecule has 0 bridgehead atoms. The molecule has 2 aromatic rings. The zero-order chi connectivity index (χ0) is 13.9. The van der Waals surface area contributed by atoms with Gasteiger partial charge in [0.2, 0.25) is 0 Å². The number of nitriles is 1. The molecule has 3 rings (SSSR count). The van der Waals surface area contributed by atoms with Crippen LogP contribution in [0.3, 0.4) is 0 Å². The van der Waals surface area contributed by atoms with Crippen molar-refractivity contribution in [3.05, 3.63) is 40.0 Å². The van der Waals surface area contributed by atoms with Crippen LogP contribution in [0.15, 0.2) is 23.7 Å². The minimum atomic E-state index is -0.0000988. The molecule has 5 nitrogen and oxygen atoms in total. The van der Waals surface area contributed by atoms with E-state index >= 15 is 0 Å². The molecule has 1 aliphatic rings. The van der Waals surface area contributed by atoms with Crippen molar-refractivity contribution in [1.82, 2.24) is 9.97 Å². The minimum Gasteiger partial charge on any atom is -0.367 e. The molecule has 6 heteroatoms. The van der Waals surface area contributed by atoms with Gasteiger partial charge in [0.1, 0.15) is 23.0 Å². The van der Waals surface area contributed by atoms with Crippen LogP contribution in [0.1, 0.15) is 22.4 Å². The number of thiazole rings is 1. The van der Waals surface area contributed by atoms with Crippen LogP contribution in [0.2, 0.25) is 0 Å². The number of aryl methyl sites for hydroxylation is 1. The van der Waals surface area contributed by atoms with Crippen LogP contribution in [0.5, 0.6) is 0 Å². The highest BCUT2D eigenvalue weighted by Gasteiger charge is 2.25. The van der Waals surface area contributed by atoms with Crippen LogP contribution in [0, 0.1) is 18.3 Å². The lowest BCUT2D eigenvalue weighted by molar-refractivity contribution is 0.0393. The van der Waals surface area contributed by atoms with Crippen LogP contribution in [-0.4, -0.2) is 29.7 Å². The molecule has 20 heavy (non-hydrogen) atoms. The summed E-state index contributed by atoms with van der Waals surface area (Å²) in [6.07, 6.45) is 1.60. The zero-order valence-corrected chi connectivity index (χ0v) is 11.9. The van der Waals surface area contributed by atoms with Crippen molar-refractivity contribution in [3.63, 3.8) is 0 Å². The van der Waals surface area contributed by atoms with Gasteiger partial charge in [-0.3, -0.25) is 0 Å². The van der Waals surface area contributed by atoms with Gasteiger partial charge in [-0.1, -0.05) is 0 Å². The fourth-order valence-electron chi connectivity index (χ4n) is 2.17. The molecule has 0 aliphatic carbocycles. The smallest absolute Gasteiger partial charge is 0.128 e. The first kappa shape index (κ1) is 13.0. The fourth-order valence-corrected chi connectivity index (χ4v) is 3.00. The van der Waals surface area contributed by atoms with Gasteiger partial charge in [0.15, 0.2) is 0 Å². The average molecular weight is 286 g/mol. The molecule has 102 valence electrons. The Morgan fingerprint density at radius 1 is 1.50 bits per heavy atom. The molecule has 0 amide bonds. The molecule has 1 aliphatic heterocycles. The van der Waals surface area contributed by atoms with Crippen molar-refractivity contribution in [1.29, 1.82) is 5.26 Å². The number of morpholine rings is 1. The lowest BCUT2D eigenvalue weighted by Gasteiger charge is -2.32. The molecule has 0 aromatic carbocycles. The Bertz CT molecular complexity index is 631. The highest BCUT2D eigenvalue weighted by atomic mass is 32.1. The van der Waals surface area contributed by atoms with Crippen molar-refractivity contribution < 1.29 is 4.74 Å². The van der Waals surface area contributed by atoms with Crippen LogP contribution in [-0.2, 0) is 4.74 Å². The standard InChI is InChI=1S/C14H14N4OS/c1-10-9-20-14(17-10)12-8-18(4-5-19-12)13-3-2-11(6-15)7-16-13/h2-3,7,9,12H,4-5,8H2,1H3/t12-/m1/s1. The maximum absolute atomic E-state index is 8.80. The fraction of sp³-hybridized carbons (Fsp3) is 0.357. The van der Waals surface area contributed by atoms with Crippen LogP contribution >= 0.6 is 11.3 Å². The van der Waals surface area contributed by atoms with Gasteiger partial charge < -0.3 is 9.64 Å². The molecule has 2 aromatic heterocycles. The van der Waals surface area contributed by atoms with E-state index in [9.17, 15) is 0 Å². The first-order valence-corrected chi connectivity index (χ1v) is 7.29. The summed E-state index contributed by atoms with van der Waals surface area (Å²) in [5.41, 5.74) is 1.61. The quantitative estimate of drug-likeness (QED) is 0.847. The van der Waals surface area contributed by atoms with Crippen molar-refractivity contribution in [2.24, 2.45) is 0 Å². The summed E-state index contributed by atoms with van der Waals surface area (Å²) in [6.45, 7) is 4.19. The molecule has 0 saturated carbocycles. The monoisotopic (exact) mass is 286 g/mol. The number of aromatic nitrogens is 2. The summed E-state index contributed by atoms with van der Waals surface area (Å²) in [7, 11) is 0. The Balaban J connectivity index is 1.76. The van der Waals surface area contributed by atoms with E-state index in [1.807, 2.05) is 18.4 Å². The van der Waals surface area contributed by atoms with Crippen LogP contribution in [0.25, 0.3) is 0 Å². The Kier molecular flexibility index (Phi) is 3.63. The van der Waals surface area contributed by atoms with Gasteiger partial charge in [0.25, 0.3) is 0 Å². The molecule has 1 saturated heterocycles. The predicted octanol–water partition coefficient (Wildman–Crippen LogP) is 2.30. The highest BCUT2D eigenvalue weighted by molar-refractivity contribution is 7.09. The Hall–Kier alpha value is -1.97. The van der Waals surface area contributed by atoms with Gasteiger partial charge >= 0.3 is 0 Å². The summed E-state index contributed by atoms with van der Waals surface area (Å²) in [5.74, 6) is 0.880. The van der Waals surface area contributed by atoms with E-state index in [1.165, 1.54) is 0 Å². The normalized spacial score (nSPS) is 18.8. The second-order valence-electron chi connectivity index (χ2n) is 4.65. The summed E-state index contributed by atoms with van der Waals surface area (Å²) in [5, 5.41) is 11.9. The van der Waals surface area contributed by atoms with Crippen LogP contribution in [0.4, 0.5) is 5.82 Å². The third-order valence-electron chi connectivity index (χ3n) is 3.18. The van der Waals surface area contributed by atoms with Gasteiger partial charge in [0, 0.05) is 23.8 Å². The zero-order valence-electron chi connectivity index (χ0n) is 11.1. The SMILES string of the molecule is Cc1csc([C@H]2CN(c3ccc(C#N)cn3)CCO2)n1. The maximum atomic E-state index is 8.80. The molecular weight excluding hydrogens is 272 g/mol. The summed E-state index contributed by atoms with van der Waals surface area (Å²) >= 11 is 1.63. The first-order chi connectivity index (χ1) is 9.76. The van der Waals surface area contributed by atoms with E-state index < -0.39 is 0 Å². The van der Waals surface area contributed by atoms with Gasteiger partial charge in [0.05, 0.1) is 18.7 Å². The summed E-state index contributed by atoms with van der Waals surface area (Å²) < 4.78 is 5.80. The van der Waals surface area contributed by atoms with Crippen molar-refractivity contribution >= 4 is 17.2 Å². The Labute approximate surface area is 121 Å². The highest BCUT2D eigenvalue weighted by Crippen LogP contribution is 2.27. The number of rotatable bonds is 2. The number of hydrogen-bond donors (Lipinski definition) is 0. The van der Waals surface area contributed by atoms with Gasteiger partial charge in [-0.25, -0.2) is 9.97 Å². The molecule has 0 spiro atoms. The molecule has 0 N–H and O–H groups in total. The molecule has 0 unspecified atom stereocenters. The maximum Gasteiger partial charge on any atom is 0.128 e. The van der Waals surface area contributed by atoms with Crippen molar-refractivity contribution in [3.8, 4) is 6.07 Å². The van der Waals surface area contributed by atoms with E-state index in [2.05, 4.69) is 20.9 Å². The van der Waals surface area contributed by atoms with E-state index in [1.54, 1.807) is 23.6 Å². The van der Waals surface area contributed by atoms with Crippen molar-refractivity contribution in [2.45, 2.75) is 13.0 Å². The van der Waals surface area contributed by atoms with Gasteiger partial charge in [-0.05, 0) is 19.1 Å². The third-order valence-corrected chi connectivity index (χ3v) is 4.23. The lowest BCUT2D eigenvalue weighted by Crippen LogP contribution is -2.38.